The second-order valence-electron chi connectivity index (χ2n) is 4.11. The minimum absolute atomic E-state index is 0.0194. The van der Waals surface area contributed by atoms with E-state index in [1.807, 2.05) is 6.92 Å². The summed E-state index contributed by atoms with van der Waals surface area (Å²) in [5.74, 6) is -0.834. The Hall–Kier alpha value is -2.44. The first kappa shape index (κ1) is 14.6. The molecular formula is C12H17N3O4. The van der Waals surface area contributed by atoms with Gasteiger partial charge in [0.05, 0.1) is 0 Å². The van der Waals surface area contributed by atoms with Crippen LogP contribution in [0.25, 0.3) is 0 Å². The van der Waals surface area contributed by atoms with Crippen molar-refractivity contribution in [1.82, 2.24) is 5.32 Å². The maximum absolute atomic E-state index is 11.9. The highest BCUT2D eigenvalue weighted by Crippen LogP contribution is 2.20. The maximum atomic E-state index is 11.9. The van der Waals surface area contributed by atoms with Gasteiger partial charge in [-0.25, -0.2) is 0 Å². The molecule has 0 aromatic heterocycles. The highest BCUT2D eigenvalue weighted by atomic mass is 16.4. The van der Waals surface area contributed by atoms with Crippen molar-refractivity contribution in [1.29, 1.82) is 0 Å². The number of nitrogens with zero attached hydrogens (tertiary/aromatic N) is 1. The number of oxime groups is 1. The van der Waals surface area contributed by atoms with E-state index >= 15 is 0 Å². The molecule has 1 unspecified atom stereocenters. The first-order valence-corrected chi connectivity index (χ1v) is 5.76. The first-order valence-electron chi connectivity index (χ1n) is 5.76. The standard InChI is InChI=1S/C12H17N3O4/c1-2-8(5-11(13)15-19)14-12(18)7-3-9(16)6-10(17)4-7/h3-4,6,8,16-17,19H,2,5H2,1H3,(H2,13,15)(H,14,18). The van der Waals surface area contributed by atoms with E-state index in [0.717, 1.165) is 6.07 Å². The fourth-order valence-corrected chi connectivity index (χ4v) is 1.59. The Morgan fingerprint density at radius 1 is 1.37 bits per heavy atom. The lowest BCUT2D eigenvalue weighted by molar-refractivity contribution is 0.0936. The molecule has 0 aliphatic rings. The first-order chi connectivity index (χ1) is 8.96. The van der Waals surface area contributed by atoms with E-state index in [1.165, 1.54) is 12.1 Å². The predicted octanol–water partition coefficient (Wildman–Crippen LogP) is 0.743. The lowest BCUT2D eigenvalue weighted by Gasteiger charge is -2.16. The Labute approximate surface area is 110 Å². The molecule has 1 rings (SSSR count). The largest absolute Gasteiger partial charge is 0.508 e. The van der Waals surface area contributed by atoms with Gasteiger partial charge >= 0.3 is 0 Å². The second-order valence-corrected chi connectivity index (χ2v) is 4.11. The summed E-state index contributed by atoms with van der Waals surface area (Å²) in [5.41, 5.74) is 5.52. The van der Waals surface area contributed by atoms with Gasteiger partial charge in [0.1, 0.15) is 17.3 Å². The molecule has 0 aliphatic heterocycles. The van der Waals surface area contributed by atoms with Crippen LogP contribution in [-0.2, 0) is 0 Å². The molecule has 1 aromatic carbocycles. The molecule has 0 spiro atoms. The van der Waals surface area contributed by atoms with Crippen LogP contribution in [0, 0.1) is 0 Å². The quantitative estimate of drug-likeness (QED) is 0.233. The molecule has 19 heavy (non-hydrogen) atoms. The molecule has 0 fully saturated rings. The van der Waals surface area contributed by atoms with E-state index in [2.05, 4.69) is 10.5 Å². The van der Waals surface area contributed by atoms with Crippen LogP contribution in [0.3, 0.4) is 0 Å². The van der Waals surface area contributed by atoms with Crippen LogP contribution in [0.5, 0.6) is 11.5 Å². The van der Waals surface area contributed by atoms with E-state index in [9.17, 15) is 15.0 Å². The van der Waals surface area contributed by atoms with E-state index in [1.54, 1.807) is 0 Å². The highest BCUT2D eigenvalue weighted by molar-refractivity contribution is 5.95. The van der Waals surface area contributed by atoms with Crippen molar-refractivity contribution in [3.63, 3.8) is 0 Å². The number of amides is 1. The van der Waals surface area contributed by atoms with E-state index in [0.29, 0.717) is 6.42 Å². The highest BCUT2D eigenvalue weighted by Gasteiger charge is 2.15. The van der Waals surface area contributed by atoms with Crippen molar-refractivity contribution in [2.24, 2.45) is 10.9 Å². The Morgan fingerprint density at radius 3 is 2.42 bits per heavy atom. The maximum Gasteiger partial charge on any atom is 0.251 e. The van der Waals surface area contributed by atoms with Crippen molar-refractivity contribution >= 4 is 11.7 Å². The van der Waals surface area contributed by atoms with Gasteiger partial charge in [0, 0.05) is 24.1 Å². The third kappa shape index (κ3) is 4.38. The van der Waals surface area contributed by atoms with Crippen LogP contribution in [0.15, 0.2) is 23.4 Å². The molecule has 1 aromatic rings. The van der Waals surface area contributed by atoms with Crippen molar-refractivity contribution in [3.05, 3.63) is 23.8 Å². The SMILES string of the molecule is CCC(C/C(N)=N/O)NC(=O)c1cc(O)cc(O)c1. The summed E-state index contributed by atoms with van der Waals surface area (Å²) < 4.78 is 0. The normalized spacial score (nSPS) is 13.0. The topological polar surface area (TPSA) is 128 Å². The molecule has 7 nitrogen and oxygen atoms in total. The van der Waals surface area contributed by atoms with Crippen LogP contribution in [0.4, 0.5) is 0 Å². The van der Waals surface area contributed by atoms with Crippen LogP contribution in [0.2, 0.25) is 0 Å². The molecule has 0 saturated heterocycles. The Bertz CT molecular complexity index is 468. The lowest BCUT2D eigenvalue weighted by Crippen LogP contribution is -2.37. The number of benzene rings is 1. The monoisotopic (exact) mass is 267 g/mol. The predicted molar refractivity (Wildman–Crippen MR) is 69.3 cm³/mol. The van der Waals surface area contributed by atoms with Crippen LogP contribution in [-0.4, -0.2) is 33.2 Å². The number of carbonyl (C=O) groups excluding carboxylic acids is 1. The number of hydrogen-bond acceptors (Lipinski definition) is 5. The number of hydrogen-bond donors (Lipinski definition) is 5. The third-order valence-corrected chi connectivity index (χ3v) is 2.58. The van der Waals surface area contributed by atoms with Gasteiger partial charge in [0.25, 0.3) is 5.91 Å². The molecule has 0 radical (unpaired) electrons. The molecule has 6 N–H and O–H groups in total. The zero-order chi connectivity index (χ0) is 14.4. The molecule has 1 amide bonds. The number of nitrogens with one attached hydrogen (secondary N) is 1. The minimum Gasteiger partial charge on any atom is -0.508 e. The number of phenols is 2. The molecule has 0 saturated carbocycles. The van der Waals surface area contributed by atoms with E-state index in [4.69, 9.17) is 10.9 Å². The third-order valence-electron chi connectivity index (χ3n) is 2.58. The Kier molecular flexibility index (Phi) is 4.99. The van der Waals surface area contributed by atoms with Crippen LogP contribution >= 0.6 is 0 Å². The fraction of sp³-hybridized carbons (Fsp3) is 0.333. The molecular weight excluding hydrogens is 250 g/mol. The summed E-state index contributed by atoms with van der Waals surface area (Å²) in [4.78, 5) is 11.9. The van der Waals surface area contributed by atoms with Gasteiger partial charge in [-0.05, 0) is 18.6 Å². The van der Waals surface area contributed by atoms with Crippen molar-refractivity contribution in [3.8, 4) is 11.5 Å². The van der Waals surface area contributed by atoms with E-state index < -0.39 is 5.91 Å². The number of rotatable bonds is 5. The lowest BCUT2D eigenvalue weighted by atomic mass is 10.1. The molecule has 104 valence electrons. The number of amidine groups is 1. The summed E-state index contributed by atoms with van der Waals surface area (Å²) in [6, 6.07) is 3.31. The van der Waals surface area contributed by atoms with Gasteiger partial charge in [-0.3, -0.25) is 4.79 Å². The average molecular weight is 267 g/mol. The molecule has 0 aliphatic carbocycles. The van der Waals surface area contributed by atoms with E-state index in [-0.39, 0.29) is 35.4 Å². The molecule has 1 atom stereocenters. The van der Waals surface area contributed by atoms with Crippen molar-refractivity contribution < 1.29 is 20.2 Å². The molecule has 0 bridgehead atoms. The number of aromatic hydroxyl groups is 2. The summed E-state index contributed by atoms with van der Waals surface area (Å²) in [5, 5.41) is 32.6. The van der Waals surface area contributed by atoms with Crippen molar-refractivity contribution in [2.45, 2.75) is 25.8 Å². The van der Waals surface area contributed by atoms with Crippen molar-refractivity contribution in [2.75, 3.05) is 0 Å². The number of phenolic OH excluding ortho intramolecular Hbond substituents is 2. The van der Waals surface area contributed by atoms with Crippen LogP contribution < -0.4 is 11.1 Å². The van der Waals surface area contributed by atoms with Gasteiger partial charge in [0.15, 0.2) is 0 Å². The zero-order valence-electron chi connectivity index (χ0n) is 10.5. The summed E-state index contributed by atoms with van der Waals surface area (Å²) in [6.45, 7) is 1.84. The fourth-order valence-electron chi connectivity index (χ4n) is 1.59. The zero-order valence-corrected chi connectivity index (χ0v) is 10.5. The Balaban J connectivity index is 2.77. The summed E-state index contributed by atoms with van der Waals surface area (Å²) in [6.07, 6.45) is 0.802. The Morgan fingerprint density at radius 2 is 1.95 bits per heavy atom. The summed E-state index contributed by atoms with van der Waals surface area (Å²) in [7, 11) is 0. The number of carbonyl (C=O) groups is 1. The molecule has 0 heterocycles. The number of nitrogens with two attached hydrogens (primary N) is 1. The average Bonchev–Trinajstić information content (AvgIpc) is 2.36. The van der Waals surface area contributed by atoms with Crippen LogP contribution in [0.1, 0.15) is 30.1 Å². The van der Waals surface area contributed by atoms with Gasteiger partial charge in [0.2, 0.25) is 0 Å². The summed E-state index contributed by atoms with van der Waals surface area (Å²) >= 11 is 0. The van der Waals surface area contributed by atoms with Gasteiger partial charge in [-0.2, -0.15) is 0 Å². The van der Waals surface area contributed by atoms with Gasteiger partial charge in [-0.1, -0.05) is 12.1 Å². The second kappa shape index (κ2) is 6.48. The minimum atomic E-state index is -0.455. The molecule has 7 heteroatoms. The van der Waals surface area contributed by atoms with Gasteiger partial charge in [-0.15, -0.1) is 0 Å². The van der Waals surface area contributed by atoms with Gasteiger partial charge < -0.3 is 26.5 Å². The smallest absolute Gasteiger partial charge is 0.251 e.